The van der Waals surface area contributed by atoms with Crippen molar-refractivity contribution >= 4 is 34.6 Å². The van der Waals surface area contributed by atoms with E-state index in [9.17, 15) is 24.1 Å². The third kappa shape index (κ3) is 5.04. The molecule has 1 unspecified atom stereocenters. The number of hydrogen-bond acceptors (Lipinski definition) is 6. The standard InChI is InChI=1S/C21H19FN4O5/c1-12(20(27)24-17-5-3-4-6-19(17)26(29)30)23-14-7-8-16(22)18(11-14)25-21(28)15-9-10-31-13(15)2/h3-12,23H,1-2H3,(H,24,27)(H,25,28). The van der Waals surface area contributed by atoms with Crippen LogP contribution in [0.3, 0.4) is 0 Å². The molecule has 0 spiro atoms. The maximum atomic E-state index is 14.2. The summed E-state index contributed by atoms with van der Waals surface area (Å²) >= 11 is 0. The molecule has 2 aromatic carbocycles. The topological polar surface area (TPSA) is 127 Å². The zero-order chi connectivity index (χ0) is 22.5. The molecular weight excluding hydrogens is 407 g/mol. The fourth-order valence-corrected chi connectivity index (χ4v) is 2.82. The summed E-state index contributed by atoms with van der Waals surface area (Å²) in [5.74, 6) is -1.33. The largest absolute Gasteiger partial charge is 0.469 e. The van der Waals surface area contributed by atoms with Crippen molar-refractivity contribution in [3.05, 3.63) is 82.0 Å². The van der Waals surface area contributed by atoms with Gasteiger partial charge in [0.15, 0.2) is 0 Å². The monoisotopic (exact) mass is 426 g/mol. The van der Waals surface area contributed by atoms with Gasteiger partial charge in [0, 0.05) is 11.8 Å². The van der Waals surface area contributed by atoms with Crippen molar-refractivity contribution in [2.75, 3.05) is 16.0 Å². The molecule has 3 N–H and O–H groups in total. The number of nitro benzene ring substituents is 1. The van der Waals surface area contributed by atoms with Gasteiger partial charge in [-0.15, -0.1) is 0 Å². The number of halogens is 1. The van der Waals surface area contributed by atoms with Crippen molar-refractivity contribution in [1.82, 2.24) is 0 Å². The second kappa shape index (κ2) is 9.08. The summed E-state index contributed by atoms with van der Waals surface area (Å²) in [6.07, 6.45) is 1.36. The molecule has 0 saturated carbocycles. The van der Waals surface area contributed by atoms with Crippen LogP contribution in [-0.2, 0) is 4.79 Å². The van der Waals surface area contributed by atoms with E-state index in [1.807, 2.05) is 0 Å². The minimum Gasteiger partial charge on any atom is -0.469 e. The molecule has 0 aliphatic heterocycles. The Balaban J connectivity index is 1.70. The van der Waals surface area contributed by atoms with Crippen molar-refractivity contribution in [2.45, 2.75) is 19.9 Å². The van der Waals surface area contributed by atoms with Crippen LogP contribution in [-0.4, -0.2) is 22.8 Å². The Morgan fingerprint density at radius 2 is 1.84 bits per heavy atom. The van der Waals surface area contributed by atoms with Gasteiger partial charge in [-0.1, -0.05) is 12.1 Å². The zero-order valence-electron chi connectivity index (χ0n) is 16.6. The van der Waals surface area contributed by atoms with Crippen LogP contribution in [0.15, 0.2) is 59.2 Å². The van der Waals surface area contributed by atoms with E-state index < -0.39 is 28.6 Å². The van der Waals surface area contributed by atoms with E-state index in [-0.39, 0.29) is 22.6 Å². The molecule has 3 rings (SSSR count). The van der Waals surface area contributed by atoms with Crippen LogP contribution < -0.4 is 16.0 Å². The van der Waals surface area contributed by atoms with Crippen LogP contribution in [0.5, 0.6) is 0 Å². The summed E-state index contributed by atoms with van der Waals surface area (Å²) in [6, 6.07) is 10.3. The molecule has 160 valence electrons. The number of hydrogen-bond donors (Lipinski definition) is 3. The molecule has 1 heterocycles. The van der Waals surface area contributed by atoms with Crippen molar-refractivity contribution in [3.63, 3.8) is 0 Å². The number of carbonyl (C=O) groups excluding carboxylic acids is 2. The molecule has 1 aromatic heterocycles. The molecular formula is C21H19FN4O5. The van der Waals surface area contributed by atoms with Crippen LogP contribution in [0, 0.1) is 22.9 Å². The molecule has 31 heavy (non-hydrogen) atoms. The van der Waals surface area contributed by atoms with E-state index in [1.54, 1.807) is 19.9 Å². The number of nitrogens with zero attached hydrogens (tertiary/aromatic N) is 1. The van der Waals surface area contributed by atoms with Gasteiger partial charge < -0.3 is 20.4 Å². The first kappa shape index (κ1) is 21.5. The summed E-state index contributed by atoms with van der Waals surface area (Å²) in [5.41, 5.74) is 0.390. The molecule has 10 heteroatoms. The van der Waals surface area contributed by atoms with Gasteiger partial charge in [0.2, 0.25) is 5.91 Å². The first-order valence-electron chi connectivity index (χ1n) is 9.22. The fraction of sp³-hybridized carbons (Fsp3) is 0.143. The average Bonchev–Trinajstić information content (AvgIpc) is 3.16. The fourth-order valence-electron chi connectivity index (χ4n) is 2.82. The molecule has 1 atom stereocenters. The second-order valence-electron chi connectivity index (χ2n) is 6.67. The molecule has 0 bridgehead atoms. The lowest BCUT2D eigenvalue weighted by molar-refractivity contribution is -0.383. The molecule has 9 nitrogen and oxygen atoms in total. The number of nitro groups is 1. The number of rotatable bonds is 7. The van der Waals surface area contributed by atoms with Crippen molar-refractivity contribution < 1.29 is 23.3 Å². The summed E-state index contributed by atoms with van der Waals surface area (Å²) in [6.45, 7) is 3.15. The second-order valence-corrected chi connectivity index (χ2v) is 6.67. The normalized spacial score (nSPS) is 11.5. The highest BCUT2D eigenvalue weighted by atomic mass is 19.1. The molecule has 0 aliphatic carbocycles. The smallest absolute Gasteiger partial charge is 0.292 e. The van der Waals surface area contributed by atoms with Crippen LogP contribution in [0.4, 0.5) is 27.1 Å². The Morgan fingerprint density at radius 1 is 1.10 bits per heavy atom. The molecule has 3 aromatic rings. The van der Waals surface area contributed by atoms with Gasteiger partial charge in [-0.2, -0.15) is 0 Å². The molecule has 0 aliphatic rings. The van der Waals surface area contributed by atoms with Crippen LogP contribution in [0.2, 0.25) is 0 Å². The van der Waals surface area contributed by atoms with Gasteiger partial charge in [-0.25, -0.2) is 4.39 Å². The number of nitrogens with one attached hydrogen (secondary N) is 3. The van der Waals surface area contributed by atoms with E-state index in [0.29, 0.717) is 11.4 Å². The van der Waals surface area contributed by atoms with Gasteiger partial charge >= 0.3 is 0 Å². The third-order valence-corrected chi connectivity index (χ3v) is 4.45. The van der Waals surface area contributed by atoms with Gasteiger partial charge in [0.05, 0.1) is 22.4 Å². The van der Waals surface area contributed by atoms with Crippen LogP contribution in [0.25, 0.3) is 0 Å². The van der Waals surface area contributed by atoms with Gasteiger partial charge in [-0.3, -0.25) is 19.7 Å². The predicted molar refractivity (Wildman–Crippen MR) is 113 cm³/mol. The number of para-hydroxylation sites is 2. The number of carbonyl (C=O) groups is 2. The van der Waals surface area contributed by atoms with Crippen molar-refractivity contribution in [1.29, 1.82) is 0 Å². The highest BCUT2D eigenvalue weighted by molar-refractivity contribution is 6.05. The quantitative estimate of drug-likeness (QED) is 0.381. The maximum absolute atomic E-state index is 14.2. The number of anilines is 3. The van der Waals surface area contributed by atoms with E-state index in [4.69, 9.17) is 4.42 Å². The molecule has 2 amide bonds. The first-order chi connectivity index (χ1) is 14.8. The maximum Gasteiger partial charge on any atom is 0.292 e. The van der Waals surface area contributed by atoms with Crippen molar-refractivity contribution in [2.24, 2.45) is 0 Å². The van der Waals surface area contributed by atoms with Crippen LogP contribution >= 0.6 is 0 Å². The van der Waals surface area contributed by atoms with Gasteiger partial charge in [0.25, 0.3) is 11.6 Å². The van der Waals surface area contributed by atoms with Gasteiger partial charge in [0.1, 0.15) is 23.3 Å². The van der Waals surface area contributed by atoms with E-state index in [1.165, 1.54) is 42.7 Å². The first-order valence-corrected chi connectivity index (χ1v) is 9.22. The number of amides is 2. The Labute approximate surface area is 176 Å². The Morgan fingerprint density at radius 3 is 2.52 bits per heavy atom. The van der Waals surface area contributed by atoms with Crippen LogP contribution in [0.1, 0.15) is 23.0 Å². The zero-order valence-corrected chi connectivity index (χ0v) is 16.6. The van der Waals surface area contributed by atoms with Crippen molar-refractivity contribution in [3.8, 4) is 0 Å². The van der Waals surface area contributed by atoms with E-state index in [0.717, 1.165) is 6.07 Å². The lowest BCUT2D eigenvalue weighted by Crippen LogP contribution is -2.32. The Hall–Kier alpha value is -4.21. The summed E-state index contributed by atoms with van der Waals surface area (Å²) in [5, 5.41) is 18.9. The minimum absolute atomic E-state index is 0.0636. The summed E-state index contributed by atoms with van der Waals surface area (Å²) in [4.78, 5) is 35.3. The van der Waals surface area contributed by atoms with Gasteiger partial charge in [-0.05, 0) is 44.2 Å². The number of benzene rings is 2. The lowest BCUT2D eigenvalue weighted by atomic mass is 10.2. The average molecular weight is 426 g/mol. The molecule has 0 radical (unpaired) electrons. The highest BCUT2D eigenvalue weighted by Crippen LogP contribution is 2.24. The predicted octanol–water partition coefficient (Wildman–Crippen LogP) is 4.33. The Kier molecular flexibility index (Phi) is 6.29. The minimum atomic E-state index is -0.815. The SMILES string of the molecule is Cc1occc1C(=O)Nc1cc(NC(C)C(=O)Nc2ccccc2[N+](=O)[O-])ccc1F. The summed E-state index contributed by atoms with van der Waals surface area (Å²) in [7, 11) is 0. The molecule has 0 saturated heterocycles. The van der Waals surface area contributed by atoms with E-state index >= 15 is 0 Å². The highest BCUT2D eigenvalue weighted by Gasteiger charge is 2.19. The molecule has 0 fully saturated rings. The number of aryl methyl sites for hydroxylation is 1. The Bertz CT molecular complexity index is 1140. The lowest BCUT2D eigenvalue weighted by Gasteiger charge is -2.16. The number of furan rings is 1. The third-order valence-electron chi connectivity index (χ3n) is 4.45. The summed E-state index contributed by atoms with van der Waals surface area (Å²) < 4.78 is 19.2. The van der Waals surface area contributed by atoms with E-state index in [2.05, 4.69) is 16.0 Å².